The molecular formula is C20H14N10. The monoisotopic (exact) mass is 394 g/mol. The van der Waals surface area contributed by atoms with Crippen LogP contribution in [0.5, 0.6) is 0 Å². The molecule has 30 heavy (non-hydrogen) atoms. The summed E-state index contributed by atoms with van der Waals surface area (Å²) in [7, 11) is 0. The lowest BCUT2D eigenvalue weighted by atomic mass is 10.2. The first kappa shape index (κ1) is 16.5. The van der Waals surface area contributed by atoms with Gasteiger partial charge in [0.1, 0.15) is 23.2 Å². The van der Waals surface area contributed by atoms with Crippen LogP contribution in [0.3, 0.4) is 0 Å². The van der Waals surface area contributed by atoms with Crippen molar-refractivity contribution in [3.8, 4) is 28.7 Å². The van der Waals surface area contributed by atoms with Gasteiger partial charge < -0.3 is 4.98 Å². The van der Waals surface area contributed by atoms with Gasteiger partial charge in [0.15, 0.2) is 11.6 Å². The van der Waals surface area contributed by atoms with Gasteiger partial charge in [0, 0.05) is 30.2 Å². The molecule has 10 heteroatoms. The van der Waals surface area contributed by atoms with Crippen molar-refractivity contribution in [1.82, 2.24) is 49.7 Å². The average molecular weight is 394 g/mol. The number of aromatic nitrogens is 10. The molecule has 10 nitrogen and oxygen atoms in total. The van der Waals surface area contributed by atoms with Gasteiger partial charge in [-0.25, -0.2) is 15.0 Å². The van der Waals surface area contributed by atoms with Crippen LogP contribution in [0.2, 0.25) is 0 Å². The molecule has 0 unspecified atom stereocenters. The first-order valence-electron chi connectivity index (χ1n) is 9.23. The molecule has 6 heterocycles. The Morgan fingerprint density at radius 3 is 2.73 bits per heavy atom. The van der Waals surface area contributed by atoms with E-state index in [1.54, 1.807) is 37.3 Å². The van der Waals surface area contributed by atoms with Crippen LogP contribution in [0.1, 0.15) is 5.69 Å². The first-order valence-corrected chi connectivity index (χ1v) is 9.23. The molecular weight excluding hydrogens is 380 g/mol. The fourth-order valence-electron chi connectivity index (χ4n) is 3.43. The number of nitrogens with one attached hydrogen (secondary N) is 2. The minimum atomic E-state index is 0.638. The quantitative estimate of drug-likeness (QED) is 0.472. The van der Waals surface area contributed by atoms with Gasteiger partial charge in [0.2, 0.25) is 0 Å². The second-order valence-electron chi connectivity index (χ2n) is 6.82. The van der Waals surface area contributed by atoms with Crippen molar-refractivity contribution in [3.63, 3.8) is 0 Å². The largest absolute Gasteiger partial charge is 0.336 e. The topological polar surface area (TPSA) is 127 Å². The van der Waals surface area contributed by atoms with E-state index in [1.165, 1.54) is 0 Å². The van der Waals surface area contributed by atoms with Crippen molar-refractivity contribution in [2.75, 3.05) is 0 Å². The molecule has 6 rings (SSSR count). The average Bonchev–Trinajstić information content (AvgIpc) is 3.51. The highest BCUT2D eigenvalue weighted by Crippen LogP contribution is 2.29. The molecule has 0 saturated heterocycles. The molecule has 6 aromatic heterocycles. The van der Waals surface area contributed by atoms with Gasteiger partial charge in [0.25, 0.3) is 0 Å². The van der Waals surface area contributed by atoms with Crippen LogP contribution in [0.25, 0.3) is 50.7 Å². The summed E-state index contributed by atoms with van der Waals surface area (Å²) < 4.78 is 1.86. The minimum Gasteiger partial charge on any atom is -0.336 e. The van der Waals surface area contributed by atoms with Crippen molar-refractivity contribution in [3.05, 3.63) is 61.3 Å². The number of aryl methyl sites for hydroxylation is 1. The smallest absolute Gasteiger partial charge is 0.166 e. The van der Waals surface area contributed by atoms with Gasteiger partial charge in [-0.1, -0.05) is 0 Å². The number of nitrogens with zero attached hydrogens (tertiary/aromatic N) is 8. The fourth-order valence-corrected chi connectivity index (χ4v) is 3.43. The number of hydrogen-bond acceptors (Lipinski definition) is 7. The molecule has 0 bridgehead atoms. The normalized spacial score (nSPS) is 11.5. The zero-order chi connectivity index (χ0) is 20.1. The van der Waals surface area contributed by atoms with Crippen molar-refractivity contribution >= 4 is 21.9 Å². The number of imidazole rings is 2. The number of pyridine rings is 2. The van der Waals surface area contributed by atoms with Gasteiger partial charge >= 0.3 is 0 Å². The van der Waals surface area contributed by atoms with E-state index in [9.17, 15) is 0 Å². The summed E-state index contributed by atoms with van der Waals surface area (Å²) in [6.45, 7) is 1.94. The van der Waals surface area contributed by atoms with E-state index in [0.29, 0.717) is 28.7 Å². The number of H-pyrrole nitrogens is 2. The minimum absolute atomic E-state index is 0.638. The molecule has 0 radical (unpaired) electrons. The van der Waals surface area contributed by atoms with E-state index in [0.717, 1.165) is 27.6 Å². The molecule has 0 amide bonds. The van der Waals surface area contributed by atoms with E-state index >= 15 is 0 Å². The number of fused-ring (bicyclic) bond motifs is 2. The second-order valence-corrected chi connectivity index (χ2v) is 6.82. The predicted octanol–water partition coefficient (Wildman–Crippen LogP) is 2.85. The Labute approximate surface area is 169 Å². The molecule has 2 N–H and O–H groups in total. The van der Waals surface area contributed by atoms with Gasteiger partial charge in [-0.05, 0) is 19.1 Å². The molecule has 0 aromatic carbocycles. The van der Waals surface area contributed by atoms with Crippen molar-refractivity contribution < 1.29 is 0 Å². The lowest BCUT2D eigenvalue weighted by molar-refractivity contribution is 1.00. The molecule has 0 aliphatic heterocycles. The Balaban J connectivity index is 1.52. The SMILES string of the molecule is Cc1cn(-c2nccc3[nH]c(-c4n[nH]c5cnc(-c6cnccn6)cc45)nc23)cn1. The van der Waals surface area contributed by atoms with Gasteiger partial charge in [-0.3, -0.25) is 24.6 Å². The Morgan fingerprint density at radius 1 is 0.933 bits per heavy atom. The highest BCUT2D eigenvalue weighted by molar-refractivity contribution is 5.95. The molecule has 6 aromatic rings. The van der Waals surface area contributed by atoms with E-state index < -0.39 is 0 Å². The summed E-state index contributed by atoms with van der Waals surface area (Å²) in [5.41, 5.74) is 5.42. The molecule has 0 spiro atoms. The van der Waals surface area contributed by atoms with Crippen LogP contribution in [0.15, 0.2) is 55.6 Å². The first-order chi connectivity index (χ1) is 14.8. The Bertz CT molecular complexity index is 1510. The molecule has 0 atom stereocenters. The summed E-state index contributed by atoms with van der Waals surface area (Å²) in [5.74, 6) is 1.34. The Hall–Kier alpha value is -4.47. The predicted molar refractivity (Wildman–Crippen MR) is 110 cm³/mol. The third-order valence-corrected chi connectivity index (χ3v) is 4.84. The standard InChI is InChI=1S/C20H14N10/c1-11-9-30(10-25-11)20-18-13(2-3-23-20)26-19(27-18)17-12-6-14(16-7-21-4-5-22-16)24-8-15(12)28-29-17/h2-10H,1H3,(H,26,27)(H,28,29). The third kappa shape index (κ3) is 2.54. The van der Waals surface area contributed by atoms with Crippen LogP contribution in [0, 0.1) is 6.92 Å². The number of rotatable bonds is 3. The van der Waals surface area contributed by atoms with Gasteiger partial charge in [-0.15, -0.1) is 0 Å². The molecule has 144 valence electrons. The third-order valence-electron chi connectivity index (χ3n) is 4.84. The maximum atomic E-state index is 4.80. The Kier molecular flexibility index (Phi) is 3.45. The summed E-state index contributed by atoms with van der Waals surface area (Å²) in [4.78, 5) is 29.8. The van der Waals surface area contributed by atoms with Crippen molar-refractivity contribution in [2.24, 2.45) is 0 Å². The summed E-state index contributed by atoms with van der Waals surface area (Å²) >= 11 is 0. The van der Waals surface area contributed by atoms with Crippen LogP contribution >= 0.6 is 0 Å². The van der Waals surface area contributed by atoms with Gasteiger partial charge in [0.05, 0.1) is 34.8 Å². The number of hydrogen-bond donors (Lipinski definition) is 2. The maximum absolute atomic E-state index is 4.80. The highest BCUT2D eigenvalue weighted by atomic mass is 15.2. The molecule has 0 saturated carbocycles. The Morgan fingerprint density at radius 2 is 1.90 bits per heavy atom. The lowest BCUT2D eigenvalue weighted by Gasteiger charge is -2.00. The van der Waals surface area contributed by atoms with Crippen LogP contribution in [-0.4, -0.2) is 49.7 Å². The maximum Gasteiger partial charge on any atom is 0.166 e. The van der Waals surface area contributed by atoms with Crippen LogP contribution < -0.4 is 0 Å². The van der Waals surface area contributed by atoms with E-state index in [1.807, 2.05) is 29.8 Å². The fraction of sp³-hybridized carbons (Fsp3) is 0.0500. The molecule has 0 fully saturated rings. The van der Waals surface area contributed by atoms with E-state index in [-0.39, 0.29) is 0 Å². The van der Waals surface area contributed by atoms with Crippen molar-refractivity contribution in [1.29, 1.82) is 0 Å². The van der Waals surface area contributed by atoms with Crippen LogP contribution in [0.4, 0.5) is 0 Å². The molecule has 0 aliphatic carbocycles. The lowest BCUT2D eigenvalue weighted by Crippen LogP contribution is -1.95. The number of aromatic amines is 2. The summed E-state index contributed by atoms with van der Waals surface area (Å²) in [6, 6.07) is 3.82. The zero-order valence-corrected chi connectivity index (χ0v) is 15.8. The van der Waals surface area contributed by atoms with E-state index in [2.05, 4.69) is 40.1 Å². The summed E-state index contributed by atoms with van der Waals surface area (Å²) in [6.07, 6.45) is 12.1. The zero-order valence-electron chi connectivity index (χ0n) is 15.8. The van der Waals surface area contributed by atoms with Crippen molar-refractivity contribution in [2.45, 2.75) is 6.92 Å². The van der Waals surface area contributed by atoms with E-state index in [4.69, 9.17) is 4.98 Å². The highest BCUT2D eigenvalue weighted by Gasteiger charge is 2.17. The van der Waals surface area contributed by atoms with Gasteiger partial charge in [-0.2, -0.15) is 5.10 Å². The second kappa shape index (κ2) is 6.27. The van der Waals surface area contributed by atoms with Crippen LogP contribution in [-0.2, 0) is 0 Å². The summed E-state index contributed by atoms with van der Waals surface area (Å²) in [5, 5.41) is 8.37. The molecule has 0 aliphatic rings.